The predicted molar refractivity (Wildman–Crippen MR) is 122 cm³/mol. The number of carbonyl (C=O) groups is 2. The number of fused-ring (bicyclic) bond motifs is 1. The Bertz CT molecular complexity index is 1140. The molecular formula is C26H25NO5. The van der Waals surface area contributed by atoms with Crippen LogP contribution in [0.15, 0.2) is 60.7 Å². The Labute approximate surface area is 187 Å². The summed E-state index contributed by atoms with van der Waals surface area (Å²) < 4.78 is 15.4. The van der Waals surface area contributed by atoms with Crippen molar-refractivity contribution in [1.82, 2.24) is 0 Å². The fraction of sp³-hybridized carbons (Fsp3) is 0.231. The molecule has 0 aliphatic carbocycles. The second kappa shape index (κ2) is 9.14. The van der Waals surface area contributed by atoms with E-state index in [0.717, 1.165) is 46.7 Å². The number of anilines is 1. The molecule has 3 aromatic rings. The molecule has 1 heterocycles. The minimum atomic E-state index is -0.575. The number of carbonyl (C=O) groups excluding carboxylic acids is 2. The standard InChI is InChI=1S/C26H25NO5/c1-30-19-11-9-18(10-12-19)21-15-22(25(28)31-2)23(26(29)32-3)24-20(21)13-14-27(24)16-17-7-5-4-6-8-17/h4-12,15H,13-14,16H2,1-3H3. The summed E-state index contributed by atoms with van der Waals surface area (Å²) in [4.78, 5) is 27.7. The summed E-state index contributed by atoms with van der Waals surface area (Å²) in [6.07, 6.45) is 0.745. The minimum absolute atomic E-state index is 0.198. The van der Waals surface area contributed by atoms with Gasteiger partial charge >= 0.3 is 11.9 Å². The van der Waals surface area contributed by atoms with Crippen molar-refractivity contribution in [2.24, 2.45) is 0 Å². The van der Waals surface area contributed by atoms with Crippen LogP contribution in [0.2, 0.25) is 0 Å². The third-order valence-corrected chi connectivity index (χ3v) is 5.77. The molecule has 0 radical (unpaired) electrons. The molecule has 3 aromatic carbocycles. The number of nitrogens with zero attached hydrogens (tertiary/aromatic N) is 1. The lowest BCUT2D eigenvalue weighted by Gasteiger charge is -2.24. The maximum absolute atomic E-state index is 12.9. The molecule has 6 heteroatoms. The molecular weight excluding hydrogens is 406 g/mol. The molecule has 0 amide bonds. The lowest BCUT2D eigenvalue weighted by molar-refractivity contribution is 0.0556. The van der Waals surface area contributed by atoms with Gasteiger partial charge in [-0.25, -0.2) is 9.59 Å². The van der Waals surface area contributed by atoms with Gasteiger partial charge in [0.15, 0.2) is 0 Å². The molecule has 0 aromatic heterocycles. The first-order valence-electron chi connectivity index (χ1n) is 10.4. The van der Waals surface area contributed by atoms with E-state index in [0.29, 0.717) is 6.54 Å². The highest BCUT2D eigenvalue weighted by molar-refractivity contribution is 6.10. The van der Waals surface area contributed by atoms with Gasteiger partial charge in [-0.1, -0.05) is 42.5 Å². The number of hydrogen-bond donors (Lipinski definition) is 0. The van der Waals surface area contributed by atoms with E-state index in [4.69, 9.17) is 14.2 Å². The van der Waals surface area contributed by atoms with Crippen LogP contribution in [-0.4, -0.2) is 39.8 Å². The summed E-state index contributed by atoms with van der Waals surface area (Å²) in [5, 5.41) is 0. The number of esters is 2. The van der Waals surface area contributed by atoms with Crippen LogP contribution in [0.25, 0.3) is 11.1 Å². The van der Waals surface area contributed by atoms with Crippen LogP contribution < -0.4 is 9.64 Å². The maximum atomic E-state index is 12.9. The van der Waals surface area contributed by atoms with Gasteiger partial charge in [0.2, 0.25) is 0 Å². The van der Waals surface area contributed by atoms with Crippen molar-refractivity contribution in [2.75, 3.05) is 32.8 Å². The summed E-state index contributed by atoms with van der Waals surface area (Å²) in [5.74, 6) is -0.382. The lowest BCUT2D eigenvalue weighted by atomic mass is 9.91. The smallest absolute Gasteiger partial charge is 0.340 e. The van der Waals surface area contributed by atoms with Gasteiger partial charge in [0.1, 0.15) is 5.75 Å². The van der Waals surface area contributed by atoms with E-state index in [1.807, 2.05) is 54.6 Å². The zero-order chi connectivity index (χ0) is 22.7. The summed E-state index contributed by atoms with van der Waals surface area (Å²) in [6, 6.07) is 19.4. The Balaban J connectivity index is 1.93. The van der Waals surface area contributed by atoms with Crippen LogP contribution in [0.3, 0.4) is 0 Å². The van der Waals surface area contributed by atoms with Crippen molar-refractivity contribution in [1.29, 1.82) is 0 Å². The molecule has 0 saturated heterocycles. The SMILES string of the molecule is COC(=O)c1cc(-c2ccc(OC)cc2)c2c(c1C(=O)OC)N(Cc1ccccc1)CC2. The summed E-state index contributed by atoms with van der Waals surface area (Å²) >= 11 is 0. The largest absolute Gasteiger partial charge is 0.497 e. The highest BCUT2D eigenvalue weighted by Gasteiger charge is 2.33. The van der Waals surface area contributed by atoms with E-state index >= 15 is 0 Å². The van der Waals surface area contributed by atoms with Gasteiger partial charge in [0, 0.05) is 13.1 Å². The summed E-state index contributed by atoms with van der Waals surface area (Å²) in [7, 11) is 4.25. The van der Waals surface area contributed by atoms with Crippen molar-refractivity contribution < 1.29 is 23.8 Å². The number of methoxy groups -OCH3 is 3. The molecule has 1 aliphatic heterocycles. The minimum Gasteiger partial charge on any atom is -0.497 e. The predicted octanol–water partition coefficient (Wildman–Crippen LogP) is 4.50. The first-order chi connectivity index (χ1) is 15.6. The Morgan fingerprint density at radius 2 is 1.59 bits per heavy atom. The fourth-order valence-electron chi connectivity index (χ4n) is 4.24. The van der Waals surface area contributed by atoms with Crippen molar-refractivity contribution >= 4 is 17.6 Å². The van der Waals surface area contributed by atoms with Crippen molar-refractivity contribution in [2.45, 2.75) is 13.0 Å². The second-order valence-corrected chi connectivity index (χ2v) is 7.54. The van der Waals surface area contributed by atoms with Crippen LogP contribution in [-0.2, 0) is 22.4 Å². The number of benzene rings is 3. The van der Waals surface area contributed by atoms with Gasteiger partial charge in [-0.3, -0.25) is 0 Å². The van der Waals surface area contributed by atoms with Gasteiger partial charge in [0.25, 0.3) is 0 Å². The third-order valence-electron chi connectivity index (χ3n) is 5.77. The first-order valence-corrected chi connectivity index (χ1v) is 10.4. The highest BCUT2D eigenvalue weighted by atomic mass is 16.5. The molecule has 0 fully saturated rings. The molecule has 0 bridgehead atoms. The van der Waals surface area contributed by atoms with Gasteiger partial charge in [0.05, 0.1) is 38.1 Å². The Morgan fingerprint density at radius 1 is 0.906 bits per heavy atom. The van der Waals surface area contributed by atoms with E-state index < -0.39 is 11.9 Å². The van der Waals surface area contributed by atoms with Crippen molar-refractivity contribution in [3.8, 4) is 16.9 Å². The monoisotopic (exact) mass is 431 g/mol. The topological polar surface area (TPSA) is 65.1 Å². The number of hydrogen-bond acceptors (Lipinski definition) is 6. The van der Waals surface area contributed by atoms with Gasteiger partial charge in [-0.2, -0.15) is 0 Å². The maximum Gasteiger partial charge on any atom is 0.340 e. The van der Waals surface area contributed by atoms with E-state index in [1.165, 1.54) is 14.2 Å². The molecule has 0 spiro atoms. The quantitative estimate of drug-likeness (QED) is 0.536. The lowest BCUT2D eigenvalue weighted by Crippen LogP contribution is -2.23. The summed E-state index contributed by atoms with van der Waals surface area (Å²) in [5.41, 5.74) is 5.14. The molecule has 0 atom stereocenters. The van der Waals surface area contributed by atoms with E-state index in [1.54, 1.807) is 13.2 Å². The third kappa shape index (κ3) is 3.91. The zero-order valence-corrected chi connectivity index (χ0v) is 18.4. The molecule has 0 N–H and O–H groups in total. The van der Waals surface area contributed by atoms with Crippen LogP contribution in [0.1, 0.15) is 31.8 Å². The Morgan fingerprint density at radius 3 is 2.22 bits per heavy atom. The normalized spacial score (nSPS) is 12.3. The number of ether oxygens (including phenoxy) is 3. The molecule has 0 saturated carbocycles. The average Bonchev–Trinajstić information content (AvgIpc) is 3.26. The first kappa shape index (κ1) is 21.4. The van der Waals surface area contributed by atoms with E-state index in [-0.39, 0.29) is 11.1 Å². The Hall–Kier alpha value is -3.80. The molecule has 4 rings (SSSR count). The zero-order valence-electron chi connectivity index (χ0n) is 18.4. The molecule has 32 heavy (non-hydrogen) atoms. The van der Waals surface area contributed by atoms with Crippen LogP contribution in [0, 0.1) is 0 Å². The molecule has 0 unspecified atom stereocenters. The summed E-state index contributed by atoms with van der Waals surface area (Å²) in [6.45, 7) is 1.34. The van der Waals surface area contributed by atoms with Crippen LogP contribution in [0.5, 0.6) is 5.75 Å². The van der Waals surface area contributed by atoms with Gasteiger partial charge < -0.3 is 19.1 Å². The average molecular weight is 431 g/mol. The molecule has 6 nitrogen and oxygen atoms in total. The van der Waals surface area contributed by atoms with E-state index in [9.17, 15) is 9.59 Å². The Kier molecular flexibility index (Phi) is 6.12. The number of rotatable bonds is 6. The van der Waals surface area contributed by atoms with Crippen LogP contribution >= 0.6 is 0 Å². The van der Waals surface area contributed by atoms with Crippen molar-refractivity contribution in [3.05, 3.63) is 82.9 Å². The second-order valence-electron chi connectivity index (χ2n) is 7.54. The molecule has 1 aliphatic rings. The van der Waals surface area contributed by atoms with Crippen molar-refractivity contribution in [3.63, 3.8) is 0 Å². The fourth-order valence-corrected chi connectivity index (χ4v) is 4.24. The van der Waals surface area contributed by atoms with E-state index in [2.05, 4.69) is 4.90 Å². The van der Waals surface area contributed by atoms with Gasteiger partial charge in [-0.05, 0) is 46.9 Å². The molecule has 164 valence electrons. The van der Waals surface area contributed by atoms with Crippen LogP contribution in [0.4, 0.5) is 5.69 Å². The van der Waals surface area contributed by atoms with Gasteiger partial charge in [-0.15, -0.1) is 0 Å². The highest BCUT2D eigenvalue weighted by Crippen LogP contribution is 2.42.